The Morgan fingerprint density at radius 1 is 1.21 bits per heavy atom. The molecule has 28 heavy (non-hydrogen) atoms. The van der Waals surface area contributed by atoms with Crippen LogP contribution in [0.3, 0.4) is 0 Å². The molecule has 0 saturated carbocycles. The molecule has 0 radical (unpaired) electrons. The van der Waals surface area contributed by atoms with E-state index in [0.717, 1.165) is 37.1 Å². The number of methoxy groups -OCH3 is 1. The number of aromatic nitrogens is 3. The van der Waals surface area contributed by atoms with Crippen molar-refractivity contribution in [3.05, 3.63) is 47.8 Å². The maximum atomic E-state index is 13.0. The van der Waals surface area contributed by atoms with Gasteiger partial charge in [-0.15, -0.1) is 0 Å². The number of hydrogen-bond donors (Lipinski definition) is 0. The van der Waals surface area contributed by atoms with Gasteiger partial charge in [-0.25, -0.2) is 9.37 Å². The second kappa shape index (κ2) is 8.14. The molecule has 0 bridgehead atoms. The highest BCUT2D eigenvalue weighted by atomic mass is 35.5. The fourth-order valence-corrected chi connectivity index (χ4v) is 3.70. The van der Waals surface area contributed by atoms with E-state index in [4.69, 9.17) is 21.1 Å². The van der Waals surface area contributed by atoms with Crippen LogP contribution < -0.4 is 14.4 Å². The highest BCUT2D eigenvalue weighted by molar-refractivity contribution is 6.29. The molecule has 6 nitrogen and oxygen atoms in total. The Bertz CT molecular complexity index is 970. The van der Waals surface area contributed by atoms with E-state index in [9.17, 15) is 4.39 Å². The minimum absolute atomic E-state index is 0.183. The van der Waals surface area contributed by atoms with Crippen molar-refractivity contribution in [2.45, 2.75) is 12.8 Å². The molecule has 1 saturated heterocycles. The van der Waals surface area contributed by atoms with E-state index in [1.165, 1.54) is 12.1 Å². The second-order valence-corrected chi connectivity index (χ2v) is 7.11. The van der Waals surface area contributed by atoms with E-state index < -0.39 is 0 Å². The van der Waals surface area contributed by atoms with Crippen LogP contribution in [-0.4, -0.2) is 41.8 Å². The largest absolute Gasteiger partial charge is 0.494 e. The van der Waals surface area contributed by atoms with Gasteiger partial charge in [-0.2, -0.15) is 4.98 Å². The summed E-state index contributed by atoms with van der Waals surface area (Å²) in [4.78, 5) is 15.1. The zero-order chi connectivity index (χ0) is 19.5. The lowest BCUT2D eigenvalue weighted by atomic mass is 9.98. The van der Waals surface area contributed by atoms with Gasteiger partial charge in [0.15, 0.2) is 0 Å². The van der Waals surface area contributed by atoms with Crippen molar-refractivity contribution in [3.8, 4) is 11.5 Å². The number of nitrogens with zero attached hydrogens (tertiary/aromatic N) is 4. The molecule has 0 unspecified atom stereocenters. The Hall–Kier alpha value is -2.67. The van der Waals surface area contributed by atoms with Crippen molar-refractivity contribution in [2.24, 2.45) is 5.92 Å². The van der Waals surface area contributed by atoms with Gasteiger partial charge < -0.3 is 14.4 Å². The van der Waals surface area contributed by atoms with Gasteiger partial charge >= 0.3 is 0 Å². The summed E-state index contributed by atoms with van der Waals surface area (Å²) >= 11 is 6.16. The average molecular weight is 403 g/mol. The number of pyridine rings is 1. The maximum Gasteiger partial charge on any atom is 0.224 e. The molecule has 0 amide bonds. The van der Waals surface area contributed by atoms with Crippen molar-refractivity contribution < 1.29 is 13.9 Å². The monoisotopic (exact) mass is 402 g/mol. The Kier molecular flexibility index (Phi) is 5.43. The minimum atomic E-state index is -0.271. The van der Waals surface area contributed by atoms with Crippen LogP contribution in [0.5, 0.6) is 11.5 Å². The summed E-state index contributed by atoms with van der Waals surface area (Å²) in [6.45, 7) is 2.19. The predicted molar refractivity (Wildman–Crippen MR) is 106 cm³/mol. The van der Waals surface area contributed by atoms with E-state index in [0.29, 0.717) is 29.5 Å². The first-order valence-electron chi connectivity index (χ1n) is 9.12. The van der Waals surface area contributed by atoms with Gasteiger partial charge in [0.05, 0.1) is 37.0 Å². The highest BCUT2D eigenvalue weighted by Crippen LogP contribution is 2.34. The number of ether oxygens (including phenoxy) is 2. The predicted octanol–water partition coefficient (Wildman–Crippen LogP) is 4.12. The molecule has 0 aliphatic carbocycles. The number of halogens is 2. The third-order valence-electron chi connectivity index (χ3n) is 4.86. The molecule has 1 fully saturated rings. The fourth-order valence-electron chi connectivity index (χ4n) is 3.53. The van der Waals surface area contributed by atoms with E-state index >= 15 is 0 Å². The number of fused-ring (bicyclic) bond motifs is 1. The molecular weight excluding hydrogens is 383 g/mol. The average Bonchev–Trinajstić information content (AvgIpc) is 2.72. The first kappa shape index (κ1) is 18.7. The van der Waals surface area contributed by atoms with E-state index in [1.807, 2.05) is 0 Å². The SMILES string of the molecule is COc1cncc2nc(Cl)nc(N3CCC[C@@H](COc4ccc(F)cc4)C3)c12. The van der Waals surface area contributed by atoms with Crippen LogP contribution in [0.4, 0.5) is 10.2 Å². The zero-order valence-corrected chi connectivity index (χ0v) is 16.2. The van der Waals surface area contributed by atoms with Crippen LogP contribution in [0.15, 0.2) is 36.7 Å². The molecular formula is C20H20ClFN4O2. The van der Waals surface area contributed by atoms with Crippen LogP contribution in [0.1, 0.15) is 12.8 Å². The summed E-state index contributed by atoms with van der Waals surface area (Å²) in [5, 5.41) is 0.990. The standard InChI is InChI=1S/C20H20ClFN4O2/c1-27-17-10-23-9-16-18(17)19(25-20(21)24-16)26-8-2-3-13(11-26)12-28-15-6-4-14(22)5-7-15/h4-7,9-10,13H,2-3,8,11-12H2,1H3/t13-/m1/s1. The molecule has 2 aromatic heterocycles. The van der Waals surface area contributed by atoms with Crippen LogP contribution in [-0.2, 0) is 0 Å². The molecule has 1 aliphatic heterocycles. The summed E-state index contributed by atoms with van der Waals surface area (Å²) in [7, 11) is 1.60. The summed E-state index contributed by atoms with van der Waals surface area (Å²) in [5.41, 5.74) is 0.652. The summed E-state index contributed by atoms with van der Waals surface area (Å²) in [6.07, 6.45) is 5.37. The van der Waals surface area contributed by atoms with E-state index in [2.05, 4.69) is 19.9 Å². The van der Waals surface area contributed by atoms with Gasteiger partial charge in [-0.05, 0) is 48.7 Å². The third-order valence-corrected chi connectivity index (χ3v) is 5.03. The van der Waals surface area contributed by atoms with E-state index in [1.54, 1.807) is 31.6 Å². The number of benzene rings is 1. The van der Waals surface area contributed by atoms with Crippen molar-refractivity contribution in [1.82, 2.24) is 15.0 Å². The first-order chi connectivity index (χ1) is 13.6. The normalized spacial score (nSPS) is 17.0. The van der Waals surface area contributed by atoms with Gasteiger partial charge in [0.25, 0.3) is 0 Å². The van der Waals surface area contributed by atoms with Crippen LogP contribution in [0, 0.1) is 11.7 Å². The second-order valence-electron chi connectivity index (χ2n) is 6.77. The van der Waals surface area contributed by atoms with Crippen LogP contribution >= 0.6 is 11.6 Å². The number of rotatable bonds is 5. The summed E-state index contributed by atoms with van der Waals surface area (Å²) in [6, 6.07) is 6.09. The molecule has 146 valence electrons. The van der Waals surface area contributed by atoms with Crippen LogP contribution in [0.2, 0.25) is 5.28 Å². The van der Waals surface area contributed by atoms with Gasteiger partial charge in [0.2, 0.25) is 5.28 Å². The smallest absolute Gasteiger partial charge is 0.224 e. The molecule has 1 aliphatic rings. The Labute approximate surface area is 167 Å². The fraction of sp³-hybridized carbons (Fsp3) is 0.350. The molecule has 0 N–H and O–H groups in total. The topological polar surface area (TPSA) is 60.4 Å². The molecule has 3 aromatic rings. The molecule has 1 atom stereocenters. The van der Waals surface area contributed by atoms with Crippen LogP contribution in [0.25, 0.3) is 10.9 Å². The number of anilines is 1. The van der Waals surface area contributed by atoms with Gasteiger partial charge in [0.1, 0.15) is 23.1 Å². The lowest BCUT2D eigenvalue weighted by molar-refractivity contribution is 0.228. The molecule has 8 heteroatoms. The van der Waals surface area contributed by atoms with Gasteiger partial charge in [-0.1, -0.05) is 0 Å². The molecule has 3 heterocycles. The lowest BCUT2D eigenvalue weighted by Gasteiger charge is -2.34. The Morgan fingerprint density at radius 2 is 2.04 bits per heavy atom. The molecule has 0 spiro atoms. The van der Waals surface area contributed by atoms with Gasteiger partial charge in [0, 0.05) is 19.0 Å². The van der Waals surface area contributed by atoms with Crippen molar-refractivity contribution >= 4 is 28.3 Å². The summed E-state index contributed by atoms with van der Waals surface area (Å²) in [5.74, 6) is 2.08. The zero-order valence-electron chi connectivity index (χ0n) is 15.4. The first-order valence-corrected chi connectivity index (χ1v) is 9.50. The third kappa shape index (κ3) is 3.94. The van der Waals surface area contributed by atoms with Crippen molar-refractivity contribution in [1.29, 1.82) is 0 Å². The number of piperidine rings is 1. The van der Waals surface area contributed by atoms with Crippen molar-refractivity contribution in [2.75, 3.05) is 31.7 Å². The Balaban J connectivity index is 1.55. The van der Waals surface area contributed by atoms with E-state index in [-0.39, 0.29) is 11.1 Å². The quantitative estimate of drug-likeness (QED) is 0.598. The highest BCUT2D eigenvalue weighted by Gasteiger charge is 2.25. The lowest BCUT2D eigenvalue weighted by Crippen LogP contribution is -2.38. The molecule has 4 rings (SSSR count). The number of hydrogen-bond acceptors (Lipinski definition) is 6. The molecule has 1 aromatic carbocycles. The van der Waals surface area contributed by atoms with Crippen molar-refractivity contribution in [3.63, 3.8) is 0 Å². The Morgan fingerprint density at radius 3 is 2.82 bits per heavy atom. The maximum absolute atomic E-state index is 13.0. The van der Waals surface area contributed by atoms with Gasteiger partial charge in [-0.3, -0.25) is 4.98 Å². The minimum Gasteiger partial charge on any atom is -0.494 e. The summed E-state index contributed by atoms with van der Waals surface area (Å²) < 4.78 is 24.4.